The van der Waals surface area contributed by atoms with Crippen molar-refractivity contribution in [3.05, 3.63) is 58.7 Å². The minimum absolute atomic E-state index is 0.578. The van der Waals surface area contributed by atoms with Gasteiger partial charge in [-0.1, -0.05) is 35.9 Å². The molecule has 0 bridgehead atoms. The van der Waals surface area contributed by atoms with Crippen LogP contribution in [-0.2, 0) is 13.1 Å². The lowest BCUT2D eigenvalue weighted by Gasteiger charge is -2.18. The zero-order valence-corrected chi connectivity index (χ0v) is 11.1. The van der Waals surface area contributed by atoms with Crippen LogP contribution in [0.25, 0.3) is 0 Å². The van der Waals surface area contributed by atoms with Crippen LogP contribution in [0.4, 0.5) is 5.82 Å². The largest absolute Gasteiger partial charge is 0.355 e. The smallest absolute Gasteiger partial charge is 0.128 e. The Morgan fingerprint density at radius 2 is 1.78 bits per heavy atom. The summed E-state index contributed by atoms with van der Waals surface area (Å²) in [5, 5.41) is 0.652. The van der Waals surface area contributed by atoms with Crippen LogP contribution in [0.3, 0.4) is 0 Å². The zero-order chi connectivity index (χ0) is 13.0. The van der Waals surface area contributed by atoms with Crippen LogP contribution in [0.1, 0.15) is 11.1 Å². The second-order valence-corrected chi connectivity index (χ2v) is 4.65. The maximum absolute atomic E-state index is 5.82. The van der Waals surface area contributed by atoms with Gasteiger partial charge in [0.15, 0.2) is 0 Å². The van der Waals surface area contributed by atoms with Crippen LogP contribution < -0.4 is 10.6 Å². The predicted molar refractivity (Wildman–Crippen MR) is 75.7 cm³/mol. The summed E-state index contributed by atoms with van der Waals surface area (Å²) in [6.07, 6.45) is 1.66. The molecule has 0 amide bonds. The molecule has 0 aliphatic carbocycles. The van der Waals surface area contributed by atoms with E-state index < -0.39 is 0 Å². The number of rotatable bonds is 4. The van der Waals surface area contributed by atoms with Crippen molar-refractivity contribution in [1.82, 2.24) is 4.98 Å². The first-order valence-corrected chi connectivity index (χ1v) is 6.17. The minimum Gasteiger partial charge on any atom is -0.355 e. The molecular weight excluding hydrogens is 246 g/mol. The maximum atomic E-state index is 5.82. The number of aromatic nitrogens is 1. The molecule has 0 aliphatic rings. The van der Waals surface area contributed by atoms with E-state index in [-0.39, 0.29) is 0 Å². The van der Waals surface area contributed by atoms with Crippen LogP contribution in [0.15, 0.2) is 42.6 Å². The van der Waals surface area contributed by atoms with E-state index in [0.29, 0.717) is 11.6 Å². The Bertz CT molecular complexity index is 493. The van der Waals surface area contributed by atoms with Gasteiger partial charge in [-0.2, -0.15) is 0 Å². The lowest BCUT2D eigenvalue weighted by Crippen LogP contribution is -2.17. The summed E-state index contributed by atoms with van der Waals surface area (Å²) in [6.45, 7) is 1.38. The number of nitrogens with zero attached hydrogens (tertiary/aromatic N) is 2. The summed E-state index contributed by atoms with van der Waals surface area (Å²) in [5.41, 5.74) is 7.95. The molecule has 0 atom stereocenters. The Morgan fingerprint density at radius 3 is 2.33 bits per heavy atom. The van der Waals surface area contributed by atoms with E-state index >= 15 is 0 Å². The molecule has 1 aromatic heterocycles. The fourth-order valence-corrected chi connectivity index (χ4v) is 1.84. The number of halogens is 1. The molecule has 0 unspecified atom stereocenters. The van der Waals surface area contributed by atoms with Crippen LogP contribution in [0.2, 0.25) is 5.02 Å². The van der Waals surface area contributed by atoms with Crippen molar-refractivity contribution in [2.75, 3.05) is 11.9 Å². The fourth-order valence-electron chi connectivity index (χ4n) is 1.73. The van der Waals surface area contributed by atoms with Gasteiger partial charge in [0.05, 0.1) is 5.02 Å². The number of anilines is 1. The molecule has 2 aromatic rings. The van der Waals surface area contributed by atoms with Crippen molar-refractivity contribution in [2.24, 2.45) is 5.73 Å². The highest BCUT2D eigenvalue weighted by Crippen LogP contribution is 2.15. The van der Waals surface area contributed by atoms with E-state index in [2.05, 4.69) is 34.1 Å². The number of nitrogens with two attached hydrogens (primary N) is 1. The Hall–Kier alpha value is -1.58. The van der Waals surface area contributed by atoms with Crippen molar-refractivity contribution in [3.63, 3.8) is 0 Å². The van der Waals surface area contributed by atoms with E-state index in [1.165, 1.54) is 5.56 Å². The molecule has 2 N–H and O–H groups in total. The van der Waals surface area contributed by atoms with Gasteiger partial charge in [-0.25, -0.2) is 4.98 Å². The molecule has 0 saturated carbocycles. The van der Waals surface area contributed by atoms with Crippen molar-refractivity contribution in [3.8, 4) is 0 Å². The number of pyridine rings is 1. The monoisotopic (exact) mass is 261 g/mol. The summed E-state index contributed by atoms with van der Waals surface area (Å²) in [6, 6.07) is 12.1. The highest BCUT2D eigenvalue weighted by atomic mass is 35.5. The third-order valence-corrected chi connectivity index (χ3v) is 3.00. The minimum atomic E-state index is 0.578. The molecular formula is C14H16ClN3. The van der Waals surface area contributed by atoms with E-state index in [0.717, 1.165) is 17.9 Å². The van der Waals surface area contributed by atoms with Crippen LogP contribution >= 0.6 is 11.6 Å². The number of hydrogen-bond acceptors (Lipinski definition) is 3. The van der Waals surface area contributed by atoms with Gasteiger partial charge in [0, 0.05) is 26.3 Å². The molecule has 94 valence electrons. The fraction of sp³-hybridized carbons (Fsp3) is 0.214. The third-order valence-electron chi connectivity index (χ3n) is 2.78. The topological polar surface area (TPSA) is 42.1 Å². The normalized spacial score (nSPS) is 10.4. The molecule has 0 radical (unpaired) electrons. The average molecular weight is 262 g/mol. The molecule has 4 heteroatoms. The first-order valence-electron chi connectivity index (χ1n) is 5.79. The highest BCUT2D eigenvalue weighted by Gasteiger charge is 2.03. The second kappa shape index (κ2) is 5.85. The molecule has 0 aliphatic heterocycles. The predicted octanol–water partition coefficient (Wildman–Crippen LogP) is 2.83. The van der Waals surface area contributed by atoms with E-state index in [1.54, 1.807) is 6.20 Å². The van der Waals surface area contributed by atoms with Gasteiger partial charge in [0.2, 0.25) is 0 Å². The molecule has 18 heavy (non-hydrogen) atoms. The molecule has 2 rings (SSSR count). The van der Waals surface area contributed by atoms with Crippen molar-refractivity contribution >= 4 is 17.4 Å². The highest BCUT2D eigenvalue weighted by molar-refractivity contribution is 6.30. The van der Waals surface area contributed by atoms with Gasteiger partial charge in [-0.05, 0) is 23.3 Å². The molecule has 1 heterocycles. The average Bonchev–Trinajstić information content (AvgIpc) is 2.40. The summed E-state index contributed by atoms with van der Waals surface area (Å²) in [7, 11) is 2.01. The molecule has 0 fully saturated rings. The van der Waals surface area contributed by atoms with Gasteiger partial charge in [-0.3, -0.25) is 0 Å². The molecule has 1 aromatic carbocycles. The Morgan fingerprint density at radius 1 is 1.11 bits per heavy atom. The van der Waals surface area contributed by atoms with Crippen LogP contribution in [-0.4, -0.2) is 12.0 Å². The third kappa shape index (κ3) is 3.22. The number of hydrogen-bond donors (Lipinski definition) is 1. The standard InChI is InChI=1S/C14H16ClN3/c1-18(14-7-6-13(15)9-17-14)10-12-4-2-11(8-16)3-5-12/h2-7,9H,8,10,16H2,1H3. The van der Waals surface area contributed by atoms with Gasteiger partial charge >= 0.3 is 0 Å². The van der Waals surface area contributed by atoms with Crippen molar-refractivity contribution < 1.29 is 0 Å². The zero-order valence-electron chi connectivity index (χ0n) is 10.3. The van der Waals surface area contributed by atoms with Gasteiger partial charge < -0.3 is 10.6 Å². The number of benzene rings is 1. The molecule has 0 saturated heterocycles. The Kier molecular flexibility index (Phi) is 4.18. The SMILES string of the molecule is CN(Cc1ccc(CN)cc1)c1ccc(Cl)cn1. The van der Waals surface area contributed by atoms with Gasteiger partial charge in [-0.15, -0.1) is 0 Å². The summed E-state index contributed by atoms with van der Waals surface area (Å²) < 4.78 is 0. The van der Waals surface area contributed by atoms with Crippen molar-refractivity contribution in [1.29, 1.82) is 0 Å². The Balaban J connectivity index is 2.05. The summed E-state index contributed by atoms with van der Waals surface area (Å²) in [4.78, 5) is 6.36. The van der Waals surface area contributed by atoms with Crippen molar-refractivity contribution in [2.45, 2.75) is 13.1 Å². The lowest BCUT2D eigenvalue weighted by atomic mass is 10.1. The van der Waals surface area contributed by atoms with Gasteiger partial charge in [0.25, 0.3) is 0 Å². The van der Waals surface area contributed by atoms with Crippen LogP contribution in [0, 0.1) is 0 Å². The Labute approximate surface area is 112 Å². The quantitative estimate of drug-likeness (QED) is 0.920. The van der Waals surface area contributed by atoms with Crippen LogP contribution in [0.5, 0.6) is 0 Å². The maximum Gasteiger partial charge on any atom is 0.128 e. The summed E-state index contributed by atoms with van der Waals surface area (Å²) in [5.74, 6) is 0.905. The van der Waals surface area contributed by atoms with E-state index in [1.807, 2.05) is 19.2 Å². The van der Waals surface area contributed by atoms with Gasteiger partial charge in [0.1, 0.15) is 5.82 Å². The van der Waals surface area contributed by atoms with E-state index in [4.69, 9.17) is 17.3 Å². The molecule has 3 nitrogen and oxygen atoms in total. The first kappa shape index (κ1) is 12.9. The second-order valence-electron chi connectivity index (χ2n) is 4.21. The van der Waals surface area contributed by atoms with E-state index in [9.17, 15) is 0 Å². The molecule has 0 spiro atoms. The summed E-state index contributed by atoms with van der Waals surface area (Å²) >= 11 is 5.82. The first-order chi connectivity index (χ1) is 8.69. The lowest BCUT2D eigenvalue weighted by molar-refractivity contribution is 0.896.